The van der Waals surface area contributed by atoms with Crippen molar-refractivity contribution < 1.29 is 19.1 Å². The summed E-state index contributed by atoms with van der Waals surface area (Å²) in [6.45, 7) is 11.6. The quantitative estimate of drug-likeness (QED) is 0.613. The Hall–Kier alpha value is -0.740. The molecule has 0 aromatic carbocycles. The van der Waals surface area contributed by atoms with Gasteiger partial charge in [-0.2, -0.15) is 0 Å². The first kappa shape index (κ1) is 12.3. The van der Waals surface area contributed by atoms with Crippen LogP contribution in [0.2, 0.25) is 0 Å². The fourth-order valence-corrected chi connectivity index (χ4v) is 3.42. The molecule has 4 heteroatoms. The van der Waals surface area contributed by atoms with Gasteiger partial charge >= 0.3 is 0 Å². The van der Waals surface area contributed by atoms with Gasteiger partial charge in [0.1, 0.15) is 0 Å². The summed E-state index contributed by atoms with van der Waals surface area (Å²) in [4.78, 5) is 25.1. The lowest BCUT2D eigenvalue weighted by molar-refractivity contribution is -0.133. The van der Waals surface area contributed by atoms with Crippen molar-refractivity contribution in [3.63, 3.8) is 0 Å². The van der Waals surface area contributed by atoms with E-state index in [1.165, 1.54) is 0 Å². The summed E-state index contributed by atoms with van der Waals surface area (Å²) >= 11 is 0. The molecule has 2 saturated heterocycles. The van der Waals surface area contributed by atoms with Crippen LogP contribution in [0.15, 0.2) is 0 Å². The van der Waals surface area contributed by atoms with E-state index in [4.69, 9.17) is 9.47 Å². The van der Waals surface area contributed by atoms with Gasteiger partial charge < -0.3 is 9.47 Å². The summed E-state index contributed by atoms with van der Waals surface area (Å²) in [5.41, 5.74) is -2.64. The number of hydrogen-bond donors (Lipinski definition) is 0. The normalized spacial score (nSPS) is 46.6. The molecule has 1 aliphatic carbocycles. The molecule has 0 unspecified atom stereocenters. The maximum Gasteiger partial charge on any atom is 0.200 e. The number of ether oxygens (including phenoxy) is 2. The molecule has 0 bridgehead atoms. The summed E-state index contributed by atoms with van der Waals surface area (Å²) in [6, 6.07) is 0. The molecule has 3 aliphatic rings. The van der Waals surface area contributed by atoms with Gasteiger partial charge in [-0.25, -0.2) is 0 Å². The lowest BCUT2D eigenvalue weighted by Crippen LogP contribution is -2.56. The Labute approximate surface area is 107 Å². The summed E-state index contributed by atoms with van der Waals surface area (Å²) in [5.74, 6) is -0.0935. The molecule has 4 atom stereocenters. The van der Waals surface area contributed by atoms with Crippen LogP contribution in [-0.4, -0.2) is 35.0 Å². The first-order chi connectivity index (χ1) is 8.00. The molecule has 0 radical (unpaired) electrons. The van der Waals surface area contributed by atoms with Gasteiger partial charge in [-0.05, 0) is 0 Å². The van der Waals surface area contributed by atoms with Gasteiger partial charge in [-0.3, -0.25) is 9.59 Å². The summed E-state index contributed by atoms with van der Waals surface area (Å²) < 4.78 is 11.2. The molecule has 2 heterocycles. The van der Waals surface area contributed by atoms with Crippen LogP contribution < -0.4 is 0 Å². The molecule has 18 heavy (non-hydrogen) atoms. The highest BCUT2D eigenvalue weighted by Crippen LogP contribution is 2.65. The van der Waals surface area contributed by atoms with Gasteiger partial charge in [-0.15, -0.1) is 0 Å². The zero-order valence-corrected chi connectivity index (χ0v) is 11.8. The highest BCUT2D eigenvalue weighted by atomic mass is 16.7. The predicted molar refractivity (Wildman–Crippen MR) is 64.1 cm³/mol. The number of rotatable bonds is 0. The van der Waals surface area contributed by atoms with Crippen molar-refractivity contribution in [1.82, 2.24) is 0 Å². The van der Waals surface area contributed by atoms with Crippen molar-refractivity contribution in [2.75, 3.05) is 0 Å². The fraction of sp³-hybridized carbons (Fsp3) is 0.857. The number of hydrogen-bond acceptors (Lipinski definition) is 4. The minimum atomic E-state index is -0.944. The van der Waals surface area contributed by atoms with Crippen LogP contribution in [0, 0.1) is 10.8 Å². The third-order valence-corrected chi connectivity index (χ3v) is 4.67. The molecular formula is C14H20O4. The Morgan fingerprint density at radius 3 is 1.28 bits per heavy atom. The molecule has 0 spiro atoms. The summed E-state index contributed by atoms with van der Waals surface area (Å²) in [5, 5.41) is 0. The van der Waals surface area contributed by atoms with Gasteiger partial charge in [0.2, 0.25) is 11.6 Å². The van der Waals surface area contributed by atoms with Gasteiger partial charge in [0.05, 0.1) is 0 Å². The Kier molecular flexibility index (Phi) is 1.86. The van der Waals surface area contributed by atoms with Crippen LogP contribution in [0.1, 0.15) is 41.5 Å². The molecule has 0 amide bonds. The SMILES string of the molecule is CC(C)(C)[C@]12O[C@@H]1C(=O)[C@]1(C(C)(C)C)O[C@H]1C2=O. The summed E-state index contributed by atoms with van der Waals surface area (Å²) in [6.07, 6.45) is -1.22. The van der Waals surface area contributed by atoms with Gasteiger partial charge in [0.25, 0.3) is 0 Å². The Bertz CT molecular complexity index is 423. The number of carbonyl (C=O) groups is 2. The van der Waals surface area contributed by atoms with E-state index in [9.17, 15) is 9.59 Å². The average Bonchev–Trinajstić information content (AvgIpc) is 3.04. The van der Waals surface area contributed by atoms with Crippen LogP contribution in [0.3, 0.4) is 0 Å². The molecule has 0 aromatic heterocycles. The largest absolute Gasteiger partial charge is 0.349 e. The van der Waals surface area contributed by atoms with Gasteiger partial charge in [-0.1, -0.05) is 41.5 Å². The predicted octanol–water partition coefficient (Wildman–Crippen LogP) is 1.51. The lowest BCUT2D eigenvalue weighted by Gasteiger charge is -2.33. The molecule has 3 fully saturated rings. The van der Waals surface area contributed by atoms with Crippen LogP contribution in [-0.2, 0) is 19.1 Å². The van der Waals surface area contributed by atoms with Crippen LogP contribution in [0.4, 0.5) is 0 Å². The van der Waals surface area contributed by atoms with E-state index in [2.05, 4.69) is 0 Å². The molecular weight excluding hydrogens is 232 g/mol. The zero-order valence-electron chi connectivity index (χ0n) is 11.8. The van der Waals surface area contributed by atoms with Crippen LogP contribution in [0.5, 0.6) is 0 Å². The number of ketones is 2. The zero-order chi connectivity index (χ0) is 13.7. The van der Waals surface area contributed by atoms with Crippen molar-refractivity contribution in [3.05, 3.63) is 0 Å². The van der Waals surface area contributed by atoms with Crippen molar-refractivity contribution >= 4 is 11.6 Å². The van der Waals surface area contributed by atoms with E-state index in [0.29, 0.717) is 0 Å². The van der Waals surface area contributed by atoms with Gasteiger partial charge in [0.15, 0.2) is 23.4 Å². The molecule has 2 aliphatic heterocycles. The molecule has 3 rings (SSSR count). The summed E-state index contributed by atoms with van der Waals surface area (Å²) in [7, 11) is 0. The van der Waals surface area contributed by atoms with E-state index in [1.807, 2.05) is 41.5 Å². The standard InChI is InChI=1S/C14H20O4/c1-11(2,3)13-7(15)10-14(18-10,12(4,5)6)8(16)9(13)17-13/h9-10H,1-6H3/t9-,10+,13-,14+. The Morgan fingerprint density at radius 2 is 1.06 bits per heavy atom. The highest BCUT2D eigenvalue weighted by molar-refractivity contribution is 6.17. The molecule has 100 valence electrons. The third kappa shape index (κ3) is 1.02. The first-order valence-electron chi connectivity index (χ1n) is 6.44. The smallest absolute Gasteiger partial charge is 0.200 e. The number of Topliss-reactive ketones (excluding diaryl/α,β-unsaturated/α-hetero) is 2. The number of epoxide rings is 2. The fourth-order valence-electron chi connectivity index (χ4n) is 3.42. The molecule has 0 aromatic rings. The third-order valence-electron chi connectivity index (χ3n) is 4.67. The lowest BCUT2D eigenvalue weighted by atomic mass is 9.63. The topological polar surface area (TPSA) is 59.2 Å². The monoisotopic (exact) mass is 252 g/mol. The second kappa shape index (κ2) is 2.73. The molecule has 0 N–H and O–H groups in total. The second-order valence-corrected chi connectivity index (χ2v) is 7.70. The van der Waals surface area contributed by atoms with E-state index in [-0.39, 0.29) is 22.4 Å². The maximum atomic E-state index is 12.6. The van der Waals surface area contributed by atoms with E-state index < -0.39 is 23.4 Å². The highest BCUT2D eigenvalue weighted by Gasteiger charge is 2.88. The first-order valence-corrected chi connectivity index (χ1v) is 6.44. The average molecular weight is 252 g/mol. The number of carbonyl (C=O) groups excluding carboxylic acids is 2. The maximum absolute atomic E-state index is 12.6. The van der Waals surface area contributed by atoms with Crippen molar-refractivity contribution in [2.45, 2.75) is 65.0 Å². The van der Waals surface area contributed by atoms with Crippen molar-refractivity contribution in [2.24, 2.45) is 10.8 Å². The Balaban J connectivity index is 2.04. The minimum Gasteiger partial charge on any atom is -0.349 e. The van der Waals surface area contributed by atoms with E-state index >= 15 is 0 Å². The van der Waals surface area contributed by atoms with Crippen LogP contribution in [0.25, 0.3) is 0 Å². The van der Waals surface area contributed by atoms with Crippen molar-refractivity contribution in [3.8, 4) is 0 Å². The van der Waals surface area contributed by atoms with Gasteiger partial charge in [0, 0.05) is 10.8 Å². The van der Waals surface area contributed by atoms with Crippen molar-refractivity contribution in [1.29, 1.82) is 0 Å². The molecule has 1 saturated carbocycles. The number of fused-ring (bicyclic) bond motifs is 2. The van der Waals surface area contributed by atoms with E-state index in [1.54, 1.807) is 0 Å². The second-order valence-electron chi connectivity index (χ2n) is 7.70. The Morgan fingerprint density at radius 1 is 0.778 bits per heavy atom. The molecule has 4 nitrogen and oxygen atoms in total. The van der Waals surface area contributed by atoms with E-state index in [0.717, 1.165) is 0 Å². The minimum absolute atomic E-state index is 0.0467. The van der Waals surface area contributed by atoms with Crippen LogP contribution >= 0.6 is 0 Å².